The van der Waals surface area contributed by atoms with Gasteiger partial charge in [0.05, 0.1) is 11.6 Å². The van der Waals surface area contributed by atoms with Crippen LogP contribution in [0.4, 0.5) is 0 Å². The van der Waals surface area contributed by atoms with Crippen LogP contribution in [-0.2, 0) is 4.74 Å². The molecule has 3 unspecified atom stereocenters. The van der Waals surface area contributed by atoms with E-state index in [1.807, 2.05) is 7.05 Å². The average Bonchev–Trinajstić information content (AvgIpc) is 2.26. The lowest BCUT2D eigenvalue weighted by Crippen LogP contribution is -2.53. The van der Waals surface area contributed by atoms with Gasteiger partial charge in [0.25, 0.3) is 0 Å². The highest BCUT2D eigenvalue weighted by Crippen LogP contribution is 2.38. The van der Waals surface area contributed by atoms with Gasteiger partial charge in [0.1, 0.15) is 0 Å². The molecule has 1 aliphatic rings. The van der Waals surface area contributed by atoms with Gasteiger partial charge in [0.15, 0.2) is 0 Å². The van der Waals surface area contributed by atoms with Crippen LogP contribution >= 0.6 is 0 Å². The second-order valence-corrected chi connectivity index (χ2v) is 5.71. The van der Waals surface area contributed by atoms with Crippen molar-refractivity contribution in [2.24, 2.45) is 5.92 Å². The molecule has 0 radical (unpaired) electrons. The van der Waals surface area contributed by atoms with Crippen molar-refractivity contribution in [2.45, 2.75) is 65.0 Å². The van der Waals surface area contributed by atoms with Crippen molar-refractivity contribution in [2.75, 3.05) is 13.7 Å². The fourth-order valence-electron chi connectivity index (χ4n) is 3.17. The lowest BCUT2D eigenvalue weighted by atomic mass is 9.74. The summed E-state index contributed by atoms with van der Waals surface area (Å²) in [6, 6.07) is 0.343. The van der Waals surface area contributed by atoms with Crippen molar-refractivity contribution in [1.82, 2.24) is 5.32 Å². The third-order valence-corrected chi connectivity index (χ3v) is 3.80. The summed E-state index contributed by atoms with van der Waals surface area (Å²) in [4.78, 5) is 0. The Morgan fingerprint density at radius 3 is 2.71 bits per heavy atom. The van der Waals surface area contributed by atoms with E-state index >= 15 is 0 Å². The predicted molar refractivity (Wildman–Crippen MR) is 74.3 cm³/mol. The molecule has 1 saturated carbocycles. The first-order valence-corrected chi connectivity index (χ1v) is 7.00. The molecule has 2 nitrogen and oxygen atoms in total. The molecule has 0 amide bonds. The van der Waals surface area contributed by atoms with Gasteiger partial charge in [-0.25, -0.2) is 0 Å². The number of likely N-dealkylation sites (N-methyl/N-ethyl adjacent to an activating group) is 1. The van der Waals surface area contributed by atoms with E-state index in [4.69, 9.17) is 4.74 Å². The molecule has 0 aromatic carbocycles. The second-order valence-electron chi connectivity index (χ2n) is 5.71. The Bertz CT molecular complexity index is 254. The van der Waals surface area contributed by atoms with Crippen molar-refractivity contribution in [3.8, 4) is 0 Å². The average molecular weight is 239 g/mol. The Balaban J connectivity index is 2.91. The molecule has 1 aliphatic carbocycles. The zero-order valence-corrected chi connectivity index (χ0v) is 12.2. The smallest absolute Gasteiger partial charge is 0.0872 e. The Hall–Kier alpha value is -0.340. The first-order valence-electron chi connectivity index (χ1n) is 7.00. The highest BCUT2D eigenvalue weighted by atomic mass is 16.5. The molecular formula is C15H29NO. The molecule has 17 heavy (non-hydrogen) atoms. The Kier molecular flexibility index (Phi) is 5.68. The fourth-order valence-corrected chi connectivity index (χ4v) is 3.17. The van der Waals surface area contributed by atoms with Crippen LogP contribution in [0.2, 0.25) is 0 Å². The van der Waals surface area contributed by atoms with Crippen molar-refractivity contribution < 1.29 is 4.74 Å². The van der Waals surface area contributed by atoms with Crippen LogP contribution in [0.3, 0.4) is 0 Å². The van der Waals surface area contributed by atoms with Crippen LogP contribution in [0.5, 0.6) is 0 Å². The summed E-state index contributed by atoms with van der Waals surface area (Å²) in [6.45, 7) is 9.59. The van der Waals surface area contributed by atoms with Crippen molar-refractivity contribution in [3.05, 3.63) is 11.6 Å². The van der Waals surface area contributed by atoms with E-state index < -0.39 is 0 Å². The molecule has 0 bridgehead atoms. The number of rotatable bonds is 5. The molecule has 0 aromatic rings. The third kappa shape index (κ3) is 3.82. The molecule has 1 fully saturated rings. The van der Waals surface area contributed by atoms with Crippen LogP contribution in [0.15, 0.2) is 11.6 Å². The van der Waals surface area contributed by atoms with Gasteiger partial charge in [-0.1, -0.05) is 31.4 Å². The molecule has 0 heterocycles. The number of hydrogen-bond donors (Lipinski definition) is 1. The van der Waals surface area contributed by atoms with E-state index in [1.54, 1.807) is 0 Å². The molecule has 2 heteroatoms. The van der Waals surface area contributed by atoms with Crippen LogP contribution < -0.4 is 5.32 Å². The van der Waals surface area contributed by atoms with Gasteiger partial charge < -0.3 is 10.1 Å². The number of hydrogen-bond acceptors (Lipinski definition) is 2. The minimum absolute atomic E-state index is 0.0123. The molecule has 0 saturated heterocycles. The lowest BCUT2D eigenvalue weighted by Gasteiger charge is -2.44. The molecule has 3 atom stereocenters. The highest BCUT2D eigenvalue weighted by molar-refractivity contribution is 5.10. The molecule has 100 valence electrons. The maximum absolute atomic E-state index is 6.19. The maximum atomic E-state index is 6.19. The van der Waals surface area contributed by atoms with Crippen LogP contribution in [-0.4, -0.2) is 25.3 Å². The first kappa shape index (κ1) is 14.7. The monoisotopic (exact) mass is 239 g/mol. The van der Waals surface area contributed by atoms with Crippen LogP contribution in [0.25, 0.3) is 0 Å². The summed E-state index contributed by atoms with van der Waals surface area (Å²) >= 11 is 0. The quantitative estimate of drug-likeness (QED) is 0.741. The van der Waals surface area contributed by atoms with Gasteiger partial charge in [-0.05, 0) is 46.6 Å². The Labute approximate surface area is 107 Å². The Morgan fingerprint density at radius 2 is 2.24 bits per heavy atom. The molecule has 1 N–H and O–H groups in total. The van der Waals surface area contributed by atoms with Crippen LogP contribution in [0, 0.1) is 5.92 Å². The number of ether oxygens (including phenoxy) is 1. The van der Waals surface area contributed by atoms with Gasteiger partial charge in [0, 0.05) is 6.61 Å². The normalized spacial score (nSPS) is 31.0. The summed E-state index contributed by atoms with van der Waals surface area (Å²) in [5, 5.41) is 3.45. The lowest BCUT2D eigenvalue weighted by molar-refractivity contribution is -0.0893. The SMILES string of the molecule is CCOC1(C(C=C(C)C)NC)CCCC(C)C1. The molecule has 0 spiro atoms. The summed E-state index contributed by atoms with van der Waals surface area (Å²) in [5.41, 5.74) is 1.37. The van der Waals surface area contributed by atoms with Gasteiger partial charge in [-0.2, -0.15) is 0 Å². The standard InChI is InChI=1S/C15H29NO/c1-6-17-15(9-7-8-13(4)11-15)14(16-5)10-12(2)3/h10,13-14,16H,6-9,11H2,1-5H3. The summed E-state index contributed by atoms with van der Waals surface area (Å²) < 4.78 is 6.19. The summed E-state index contributed by atoms with van der Waals surface area (Å²) in [7, 11) is 2.05. The van der Waals surface area contributed by atoms with E-state index in [1.165, 1.54) is 31.3 Å². The molecular weight excluding hydrogens is 210 g/mol. The first-order chi connectivity index (χ1) is 8.04. The largest absolute Gasteiger partial charge is 0.373 e. The van der Waals surface area contributed by atoms with E-state index in [0.717, 1.165) is 12.5 Å². The van der Waals surface area contributed by atoms with Gasteiger partial charge in [0.2, 0.25) is 0 Å². The van der Waals surface area contributed by atoms with E-state index in [-0.39, 0.29) is 5.60 Å². The maximum Gasteiger partial charge on any atom is 0.0872 e. The summed E-state index contributed by atoms with van der Waals surface area (Å²) in [6.07, 6.45) is 7.32. The zero-order chi connectivity index (χ0) is 12.9. The van der Waals surface area contributed by atoms with E-state index in [9.17, 15) is 0 Å². The molecule has 0 aliphatic heterocycles. The van der Waals surface area contributed by atoms with E-state index in [2.05, 4.69) is 39.1 Å². The van der Waals surface area contributed by atoms with Gasteiger partial charge in [-0.15, -0.1) is 0 Å². The molecule has 0 aromatic heterocycles. The van der Waals surface area contributed by atoms with Gasteiger partial charge in [-0.3, -0.25) is 0 Å². The topological polar surface area (TPSA) is 21.3 Å². The van der Waals surface area contributed by atoms with Gasteiger partial charge >= 0.3 is 0 Å². The van der Waals surface area contributed by atoms with E-state index in [0.29, 0.717) is 6.04 Å². The summed E-state index contributed by atoms with van der Waals surface area (Å²) in [5.74, 6) is 0.775. The minimum atomic E-state index is 0.0123. The highest BCUT2D eigenvalue weighted by Gasteiger charge is 2.41. The van der Waals surface area contributed by atoms with Crippen LogP contribution in [0.1, 0.15) is 53.4 Å². The minimum Gasteiger partial charge on any atom is -0.373 e. The van der Waals surface area contributed by atoms with Crippen molar-refractivity contribution in [1.29, 1.82) is 0 Å². The Morgan fingerprint density at radius 1 is 1.53 bits per heavy atom. The zero-order valence-electron chi connectivity index (χ0n) is 12.2. The molecule has 1 rings (SSSR count). The van der Waals surface area contributed by atoms with Crippen molar-refractivity contribution in [3.63, 3.8) is 0 Å². The third-order valence-electron chi connectivity index (χ3n) is 3.80. The fraction of sp³-hybridized carbons (Fsp3) is 0.867. The number of allylic oxidation sites excluding steroid dienone is 1. The van der Waals surface area contributed by atoms with Crippen molar-refractivity contribution >= 4 is 0 Å². The predicted octanol–water partition coefficient (Wildman–Crippen LogP) is 3.53. The number of nitrogens with one attached hydrogen (secondary N) is 1. The second kappa shape index (κ2) is 6.55.